The van der Waals surface area contributed by atoms with Gasteiger partial charge in [0.1, 0.15) is 10.7 Å². The van der Waals surface area contributed by atoms with Crippen molar-refractivity contribution in [1.29, 1.82) is 0 Å². The molecule has 4 rings (SSSR count). The number of aryl methyl sites for hydroxylation is 4. The molecule has 0 fully saturated rings. The molecular weight excluding hydrogens is 382 g/mol. The van der Waals surface area contributed by atoms with E-state index in [2.05, 4.69) is 15.3 Å². The fraction of sp³-hybridized carbons (Fsp3) is 0.174. The lowest BCUT2D eigenvalue weighted by molar-refractivity contribution is 0.103. The molecule has 0 saturated carbocycles. The first-order chi connectivity index (χ1) is 13.8. The van der Waals surface area contributed by atoms with Crippen molar-refractivity contribution in [3.8, 4) is 11.4 Å². The van der Waals surface area contributed by atoms with Crippen LogP contribution in [0.25, 0.3) is 21.6 Å². The summed E-state index contributed by atoms with van der Waals surface area (Å²) in [6, 6.07) is 13.6. The summed E-state index contributed by atoms with van der Waals surface area (Å²) in [4.78, 5) is 34.3. The molecule has 0 atom stereocenters. The predicted octanol–water partition coefficient (Wildman–Crippen LogP) is 5.14. The molecule has 0 radical (unpaired) electrons. The average molecular weight is 404 g/mol. The fourth-order valence-corrected chi connectivity index (χ4v) is 4.54. The van der Waals surface area contributed by atoms with Crippen LogP contribution in [0.1, 0.15) is 31.9 Å². The molecule has 0 saturated heterocycles. The molecule has 2 N–H and O–H groups in total. The topological polar surface area (TPSA) is 74.8 Å². The summed E-state index contributed by atoms with van der Waals surface area (Å²) in [5, 5.41) is 3.43. The van der Waals surface area contributed by atoms with Crippen molar-refractivity contribution in [2.75, 3.05) is 5.32 Å². The van der Waals surface area contributed by atoms with E-state index in [0.29, 0.717) is 26.5 Å². The minimum absolute atomic E-state index is 0.228. The third kappa shape index (κ3) is 3.47. The molecule has 2 aromatic heterocycles. The van der Waals surface area contributed by atoms with Gasteiger partial charge in [-0.05, 0) is 50.5 Å². The summed E-state index contributed by atoms with van der Waals surface area (Å²) in [5.74, 6) is 0.289. The number of fused-ring (bicyclic) bond motifs is 1. The van der Waals surface area contributed by atoms with Gasteiger partial charge in [0.2, 0.25) is 0 Å². The zero-order chi connectivity index (χ0) is 20.7. The van der Waals surface area contributed by atoms with E-state index >= 15 is 0 Å². The van der Waals surface area contributed by atoms with E-state index < -0.39 is 0 Å². The van der Waals surface area contributed by atoms with Crippen molar-refractivity contribution < 1.29 is 4.79 Å². The number of thiophene rings is 1. The van der Waals surface area contributed by atoms with Crippen LogP contribution in [0, 0.1) is 27.7 Å². The zero-order valence-electron chi connectivity index (χ0n) is 16.7. The van der Waals surface area contributed by atoms with Gasteiger partial charge in [0, 0.05) is 11.3 Å². The number of hydrogen-bond acceptors (Lipinski definition) is 4. The summed E-state index contributed by atoms with van der Waals surface area (Å²) in [6.45, 7) is 7.74. The summed E-state index contributed by atoms with van der Waals surface area (Å²) in [5.41, 5.74) is 5.22. The van der Waals surface area contributed by atoms with Gasteiger partial charge in [0.05, 0.1) is 10.3 Å². The van der Waals surface area contributed by atoms with Crippen molar-refractivity contribution in [3.05, 3.63) is 79.9 Å². The Labute approximate surface area is 172 Å². The Bertz CT molecular complexity index is 1320. The number of benzene rings is 2. The summed E-state index contributed by atoms with van der Waals surface area (Å²) in [7, 11) is 0. The number of aromatic amines is 1. The molecule has 1 amide bonds. The number of carbonyl (C=O) groups is 1. The van der Waals surface area contributed by atoms with E-state index in [-0.39, 0.29) is 11.5 Å². The highest BCUT2D eigenvalue weighted by molar-refractivity contribution is 7.20. The smallest absolute Gasteiger partial charge is 0.266 e. The van der Waals surface area contributed by atoms with Crippen molar-refractivity contribution in [2.24, 2.45) is 0 Å². The Morgan fingerprint density at radius 1 is 1.03 bits per heavy atom. The Hall–Kier alpha value is -3.25. The van der Waals surface area contributed by atoms with E-state index in [1.807, 2.05) is 63.2 Å². The van der Waals surface area contributed by atoms with Gasteiger partial charge in [-0.25, -0.2) is 4.98 Å². The van der Waals surface area contributed by atoms with Gasteiger partial charge in [-0.1, -0.05) is 42.0 Å². The molecule has 2 heterocycles. The van der Waals surface area contributed by atoms with Crippen LogP contribution in [0.3, 0.4) is 0 Å². The lowest BCUT2D eigenvalue weighted by atomic mass is 10.1. The SMILES string of the molecule is Cc1ccc(NC(=O)c2sc3nc(-c4ccccc4C)[nH]c(=O)c3c2C)c(C)c1. The maximum absolute atomic E-state index is 12.9. The quantitative estimate of drug-likeness (QED) is 0.497. The molecular formula is C23H21N3O2S. The molecule has 0 aliphatic rings. The second kappa shape index (κ2) is 7.29. The Morgan fingerprint density at radius 2 is 1.79 bits per heavy atom. The number of carbonyl (C=O) groups excluding carboxylic acids is 1. The third-order valence-corrected chi connectivity index (χ3v) is 6.22. The second-order valence-corrected chi connectivity index (χ2v) is 8.24. The van der Waals surface area contributed by atoms with Crippen LogP contribution in [-0.2, 0) is 0 Å². The highest BCUT2D eigenvalue weighted by Gasteiger charge is 2.20. The Kier molecular flexibility index (Phi) is 4.80. The van der Waals surface area contributed by atoms with Crippen LogP contribution >= 0.6 is 11.3 Å². The Morgan fingerprint density at radius 3 is 2.52 bits per heavy atom. The third-order valence-electron chi connectivity index (χ3n) is 5.04. The van der Waals surface area contributed by atoms with E-state index in [1.165, 1.54) is 11.3 Å². The molecule has 29 heavy (non-hydrogen) atoms. The molecule has 0 unspecified atom stereocenters. The van der Waals surface area contributed by atoms with E-state index in [9.17, 15) is 9.59 Å². The molecule has 0 spiro atoms. The zero-order valence-corrected chi connectivity index (χ0v) is 17.5. The lowest BCUT2D eigenvalue weighted by Crippen LogP contribution is -2.13. The van der Waals surface area contributed by atoms with E-state index in [4.69, 9.17) is 0 Å². The molecule has 0 bridgehead atoms. The van der Waals surface area contributed by atoms with Crippen LogP contribution in [0.4, 0.5) is 5.69 Å². The number of aromatic nitrogens is 2. The van der Waals surface area contributed by atoms with Crippen LogP contribution in [0.5, 0.6) is 0 Å². The number of H-pyrrole nitrogens is 1. The monoisotopic (exact) mass is 403 g/mol. The largest absolute Gasteiger partial charge is 0.321 e. The molecule has 0 aliphatic heterocycles. The summed E-state index contributed by atoms with van der Waals surface area (Å²) in [6.07, 6.45) is 0. The normalized spacial score (nSPS) is 11.0. The highest BCUT2D eigenvalue weighted by Crippen LogP contribution is 2.30. The minimum atomic E-state index is -0.229. The number of anilines is 1. The molecule has 2 aromatic carbocycles. The van der Waals surface area contributed by atoms with Crippen molar-refractivity contribution in [3.63, 3.8) is 0 Å². The average Bonchev–Trinajstić information content (AvgIpc) is 3.01. The van der Waals surface area contributed by atoms with E-state index in [1.54, 1.807) is 6.92 Å². The van der Waals surface area contributed by atoms with Crippen molar-refractivity contribution >= 4 is 33.1 Å². The molecule has 5 nitrogen and oxygen atoms in total. The van der Waals surface area contributed by atoms with Crippen LogP contribution in [-0.4, -0.2) is 15.9 Å². The number of rotatable bonds is 3. The summed E-state index contributed by atoms with van der Waals surface area (Å²) < 4.78 is 0. The molecule has 4 aromatic rings. The number of nitrogens with one attached hydrogen (secondary N) is 2. The van der Waals surface area contributed by atoms with E-state index in [0.717, 1.165) is 27.9 Å². The highest BCUT2D eigenvalue weighted by atomic mass is 32.1. The van der Waals surface area contributed by atoms with Gasteiger partial charge in [-0.3, -0.25) is 9.59 Å². The lowest BCUT2D eigenvalue weighted by Gasteiger charge is -2.08. The Balaban J connectivity index is 1.77. The van der Waals surface area contributed by atoms with Crippen LogP contribution in [0.2, 0.25) is 0 Å². The van der Waals surface area contributed by atoms with Gasteiger partial charge in [0.25, 0.3) is 11.5 Å². The second-order valence-electron chi connectivity index (χ2n) is 7.24. The maximum atomic E-state index is 12.9. The van der Waals surface area contributed by atoms with Crippen LogP contribution < -0.4 is 10.9 Å². The van der Waals surface area contributed by atoms with Gasteiger partial charge in [-0.15, -0.1) is 11.3 Å². The first-order valence-electron chi connectivity index (χ1n) is 9.33. The molecule has 6 heteroatoms. The van der Waals surface area contributed by atoms with Gasteiger partial charge in [0.15, 0.2) is 0 Å². The summed E-state index contributed by atoms with van der Waals surface area (Å²) >= 11 is 1.25. The van der Waals surface area contributed by atoms with Crippen molar-refractivity contribution in [2.45, 2.75) is 27.7 Å². The number of nitrogens with zero attached hydrogens (tertiary/aromatic N) is 1. The van der Waals surface area contributed by atoms with Crippen LogP contribution in [0.15, 0.2) is 47.3 Å². The first kappa shape index (κ1) is 19.1. The molecule has 0 aliphatic carbocycles. The van der Waals surface area contributed by atoms with Gasteiger partial charge >= 0.3 is 0 Å². The fourth-order valence-electron chi connectivity index (χ4n) is 3.46. The van der Waals surface area contributed by atoms with Gasteiger partial charge in [-0.2, -0.15) is 0 Å². The number of amides is 1. The van der Waals surface area contributed by atoms with Crippen molar-refractivity contribution in [1.82, 2.24) is 9.97 Å². The molecule has 146 valence electrons. The standard InChI is InChI=1S/C23H21N3O2S/c1-12-9-10-17(14(3)11-12)24-22(28)19-15(4)18-21(27)25-20(26-23(18)29-19)16-8-6-5-7-13(16)2/h5-11H,1-4H3,(H,24,28)(H,25,26,27). The van der Waals surface area contributed by atoms with Gasteiger partial charge < -0.3 is 10.3 Å². The minimum Gasteiger partial charge on any atom is -0.321 e. The number of hydrogen-bond donors (Lipinski definition) is 2. The first-order valence-corrected chi connectivity index (χ1v) is 10.1. The maximum Gasteiger partial charge on any atom is 0.266 e. The predicted molar refractivity (Wildman–Crippen MR) is 119 cm³/mol.